The Balaban J connectivity index is 1.35. The summed E-state index contributed by atoms with van der Waals surface area (Å²) >= 11 is 0. The number of nitrogens with zero attached hydrogens (tertiary/aromatic N) is 2. The molecule has 344 valence electrons. The van der Waals surface area contributed by atoms with Gasteiger partial charge in [-0.15, -0.1) is 0 Å². The van der Waals surface area contributed by atoms with Crippen molar-refractivity contribution in [2.24, 2.45) is 9.98 Å². The summed E-state index contributed by atoms with van der Waals surface area (Å²) < 4.78 is 157. The summed E-state index contributed by atoms with van der Waals surface area (Å²) in [7, 11) is 0. The van der Waals surface area contributed by atoms with Crippen LogP contribution in [0, 0.1) is 58.2 Å². The molecule has 2 aromatic heterocycles. The second-order valence-electron chi connectivity index (χ2n) is 16.6. The minimum Gasteiger partial charge on any atom is -0.357 e. The van der Waals surface area contributed by atoms with Crippen molar-refractivity contribution in [2.75, 3.05) is 0 Å². The van der Waals surface area contributed by atoms with Gasteiger partial charge in [0.1, 0.15) is 10.8 Å². The molecule has 2 N–H and O–H groups in total. The zero-order chi connectivity index (χ0) is 48.6. The molecule has 0 unspecified atom stereocenters. The molecule has 4 nitrogen and oxygen atoms in total. The van der Waals surface area contributed by atoms with Crippen molar-refractivity contribution >= 4 is 22.6 Å². The monoisotopic (exact) mass is 948 g/mol. The van der Waals surface area contributed by atoms with Gasteiger partial charge in [-0.25, -0.2) is 43.9 Å². The maximum Gasteiger partial charge on any atom is 0.200 e. The van der Waals surface area contributed by atoms with Gasteiger partial charge in [0.25, 0.3) is 0 Å². The van der Waals surface area contributed by atoms with Gasteiger partial charge >= 0.3 is 0 Å². The molecule has 70 heavy (non-hydrogen) atoms. The van der Waals surface area contributed by atoms with Crippen molar-refractivity contribution in [1.82, 2.24) is 9.97 Å². The van der Waals surface area contributed by atoms with Crippen molar-refractivity contribution in [3.8, 4) is 0 Å². The number of rotatable bonds is 6. The van der Waals surface area contributed by atoms with E-state index >= 15 is 35.1 Å². The highest BCUT2D eigenvalue weighted by Crippen LogP contribution is 2.49. The molecule has 5 heterocycles. The first-order chi connectivity index (χ1) is 33.9. The highest BCUT2D eigenvalue weighted by Gasteiger charge is 2.47. The molecule has 0 fully saturated rings. The number of nitrogens with one attached hydrogen (secondary N) is 2. The minimum atomic E-state index is -2.36. The Labute approximate surface area is 391 Å². The van der Waals surface area contributed by atoms with Crippen LogP contribution in [0.2, 0.25) is 0 Å². The van der Waals surface area contributed by atoms with Crippen LogP contribution >= 0.6 is 0 Å². The highest BCUT2D eigenvalue weighted by molar-refractivity contribution is 6.29. The SMILES string of the molecule is Fc1c(F)c(F)c(/C2=C3\C=CC(=N3)C(c3ccccc3)(c3ccccc3)C3=N/C(=C(/c4c(F)c(F)c(F)c(F)c4F)c4ccc([nH]4)C(c4ccccc4)(c4ccccc4)c4ccc2[nH]4)C=C3)c(F)c1F. The molecule has 0 saturated carbocycles. The number of aromatic amines is 2. The molecule has 0 spiro atoms. The van der Waals surface area contributed by atoms with Crippen LogP contribution in [0.5, 0.6) is 0 Å². The number of halogens is 10. The molecule has 11 rings (SSSR count). The van der Waals surface area contributed by atoms with Gasteiger partial charge in [0.2, 0.25) is 11.6 Å². The van der Waals surface area contributed by atoms with Crippen LogP contribution in [-0.2, 0) is 10.8 Å². The van der Waals surface area contributed by atoms with E-state index in [0.717, 1.165) is 0 Å². The third-order valence-electron chi connectivity index (χ3n) is 13.0. The van der Waals surface area contributed by atoms with E-state index in [1.807, 2.05) is 0 Å². The van der Waals surface area contributed by atoms with Crippen molar-refractivity contribution in [3.63, 3.8) is 0 Å². The van der Waals surface area contributed by atoms with Gasteiger partial charge in [0.15, 0.2) is 46.5 Å². The first-order valence-corrected chi connectivity index (χ1v) is 21.6. The molecule has 0 saturated heterocycles. The molecular weight excluding hydrogens is 919 g/mol. The maximum atomic E-state index is 16.4. The standard InChI is InChI=1S/C56H30F10N4/c57-45-43(46(58)50(62)53(65)49(45)61)41-33-21-25-37(67-33)55(29-13-5-1-6-14-29,30-15-7-2-8-16-30)38-26-22-34(68-38)42(44-47(59)51(63)54(66)52(64)48(44)60)36-24-28-40(70-36)56(31-17-9-3-10-18-31,32-19-11-4-12-20-32)39-27-23-35(41)69-39/h1-28,67-68H/b41-35+,42-36+. The van der Waals surface area contributed by atoms with Crippen molar-refractivity contribution in [3.05, 3.63) is 296 Å². The maximum absolute atomic E-state index is 16.4. The molecule has 8 aromatic rings. The number of H-pyrrole nitrogens is 2. The number of aromatic nitrogens is 2. The summed E-state index contributed by atoms with van der Waals surface area (Å²) in [6, 6.07) is 40.4. The molecule has 14 heteroatoms. The second-order valence-corrected chi connectivity index (χ2v) is 16.6. The molecule has 3 aliphatic heterocycles. The largest absolute Gasteiger partial charge is 0.357 e. The number of fused-ring (bicyclic) bond motifs is 6. The first-order valence-electron chi connectivity index (χ1n) is 21.6. The van der Waals surface area contributed by atoms with Gasteiger partial charge in [-0.1, -0.05) is 121 Å². The third kappa shape index (κ3) is 6.31. The average Bonchev–Trinajstić information content (AvgIpc) is 4.26. The van der Waals surface area contributed by atoms with E-state index in [1.165, 1.54) is 36.4 Å². The molecule has 3 aliphatic rings. The molecule has 0 atom stereocenters. The fraction of sp³-hybridized carbons (Fsp3) is 0.0357. The predicted octanol–water partition coefficient (Wildman–Crippen LogP) is 13.7. The summed E-state index contributed by atoms with van der Waals surface area (Å²) in [6.45, 7) is 0. The van der Waals surface area contributed by atoms with Crippen molar-refractivity contribution in [2.45, 2.75) is 10.8 Å². The smallest absolute Gasteiger partial charge is 0.200 e. The second kappa shape index (κ2) is 16.6. The Morgan fingerprint density at radius 2 is 0.586 bits per heavy atom. The van der Waals surface area contributed by atoms with Gasteiger partial charge < -0.3 is 9.97 Å². The van der Waals surface area contributed by atoms with E-state index in [2.05, 4.69) is 9.97 Å². The number of hydrogen-bond acceptors (Lipinski definition) is 2. The number of benzene rings is 6. The van der Waals surface area contributed by atoms with Crippen LogP contribution in [0.1, 0.15) is 56.2 Å². The quantitative estimate of drug-likeness (QED) is 0.0948. The number of hydrogen-bond donors (Lipinski definition) is 2. The predicted molar refractivity (Wildman–Crippen MR) is 245 cm³/mol. The lowest BCUT2D eigenvalue weighted by Gasteiger charge is -2.34. The fourth-order valence-corrected chi connectivity index (χ4v) is 9.97. The molecule has 8 bridgehead atoms. The molecule has 0 aliphatic carbocycles. The van der Waals surface area contributed by atoms with Crippen molar-refractivity contribution < 1.29 is 43.9 Å². The lowest BCUT2D eigenvalue weighted by atomic mass is 9.67. The Morgan fingerprint density at radius 3 is 0.900 bits per heavy atom. The van der Waals surface area contributed by atoms with Crippen LogP contribution < -0.4 is 0 Å². The van der Waals surface area contributed by atoms with E-state index in [1.54, 1.807) is 133 Å². The zero-order valence-corrected chi connectivity index (χ0v) is 35.8. The summed E-state index contributed by atoms with van der Waals surface area (Å²) in [4.78, 5) is 16.5. The van der Waals surface area contributed by atoms with E-state index in [-0.39, 0.29) is 45.6 Å². The van der Waals surface area contributed by atoms with Crippen molar-refractivity contribution in [1.29, 1.82) is 0 Å². The number of allylic oxidation sites excluding steroid dienone is 4. The summed E-state index contributed by atoms with van der Waals surface area (Å²) in [5.74, 6) is -22.0. The Kier molecular flexibility index (Phi) is 10.4. The normalized spacial score (nSPS) is 17.8. The van der Waals surface area contributed by atoms with E-state index in [0.29, 0.717) is 22.3 Å². The lowest BCUT2D eigenvalue weighted by molar-refractivity contribution is 0.376. The van der Waals surface area contributed by atoms with Crippen LogP contribution in [-0.4, -0.2) is 21.4 Å². The van der Waals surface area contributed by atoms with Gasteiger partial charge in [0.05, 0.1) is 33.9 Å². The molecule has 0 amide bonds. The summed E-state index contributed by atoms with van der Waals surface area (Å²) in [5, 5.41) is 0. The summed E-state index contributed by atoms with van der Waals surface area (Å²) in [6.07, 6.45) is 5.69. The first kappa shape index (κ1) is 44.0. The third-order valence-corrected chi connectivity index (χ3v) is 13.0. The summed E-state index contributed by atoms with van der Waals surface area (Å²) in [5.41, 5.74) is -5.02. The molecule has 6 aromatic carbocycles. The van der Waals surface area contributed by atoms with E-state index < -0.39 is 91.3 Å². The average molecular weight is 949 g/mol. The lowest BCUT2D eigenvalue weighted by Crippen LogP contribution is -2.42. The topological polar surface area (TPSA) is 56.3 Å². The van der Waals surface area contributed by atoms with Crippen LogP contribution in [0.3, 0.4) is 0 Å². The minimum absolute atomic E-state index is 0.0904. The number of aliphatic imine (C=N–C) groups is 2. The highest BCUT2D eigenvalue weighted by atomic mass is 19.2. The van der Waals surface area contributed by atoms with Gasteiger partial charge in [0, 0.05) is 33.9 Å². The molecular formula is C56H30F10N4. The fourth-order valence-electron chi connectivity index (χ4n) is 9.97. The Hall–Kier alpha value is -8.52. The van der Waals surface area contributed by atoms with E-state index in [9.17, 15) is 8.78 Å². The van der Waals surface area contributed by atoms with Crippen LogP contribution in [0.4, 0.5) is 43.9 Å². The van der Waals surface area contributed by atoms with Gasteiger partial charge in [-0.05, 0) is 70.8 Å². The zero-order valence-electron chi connectivity index (χ0n) is 35.8. The van der Waals surface area contributed by atoms with Gasteiger partial charge in [-0.2, -0.15) is 0 Å². The van der Waals surface area contributed by atoms with Crippen LogP contribution in [0.25, 0.3) is 11.1 Å². The Morgan fingerprint density at radius 1 is 0.300 bits per heavy atom. The van der Waals surface area contributed by atoms with E-state index in [4.69, 9.17) is 9.98 Å². The van der Waals surface area contributed by atoms with Crippen LogP contribution in [0.15, 0.2) is 191 Å². The Bertz CT molecular complexity index is 3340. The molecule has 0 radical (unpaired) electrons. The van der Waals surface area contributed by atoms with Gasteiger partial charge in [-0.3, -0.25) is 9.98 Å².